The molecule has 0 amide bonds. The fourth-order valence-corrected chi connectivity index (χ4v) is 3.05. The van der Waals surface area contributed by atoms with E-state index in [0.717, 1.165) is 5.56 Å². The third kappa shape index (κ3) is 3.58. The standard InChI is InChI=1S/C16H17F2NS/c1-11-9-12(7-8-13(11)17)15(19-2)10-20-16-6-4-3-5-14(16)18/h3-9,15,19H,10H2,1-2H3. The van der Waals surface area contributed by atoms with Crippen molar-refractivity contribution in [3.8, 4) is 0 Å². The topological polar surface area (TPSA) is 12.0 Å². The molecule has 0 heterocycles. The van der Waals surface area contributed by atoms with E-state index in [-0.39, 0.29) is 17.7 Å². The predicted octanol–water partition coefficient (Wildman–Crippen LogP) is 4.33. The zero-order valence-corrected chi connectivity index (χ0v) is 12.3. The maximum absolute atomic E-state index is 13.6. The summed E-state index contributed by atoms with van der Waals surface area (Å²) in [6.45, 7) is 1.75. The minimum atomic E-state index is -0.206. The zero-order valence-electron chi connectivity index (χ0n) is 11.5. The van der Waals surface area contributed by atoms with Gasteiger partial charge in [0.15, 0.2) is 0 Å². The molecule has 4 heteroatoms. The van der Waals surface area contributed by atoms with Crippen molar-refractivity contribution in [2.45, 2.75) is 17.9 Å². The minimum Gasteiger partial charge on any atom is -0.312 e. The highest BCUT2D eigenvalue weighted by Gasteiger charge is 2.12. The third-order valence-corrected chi connectivity index (χ3v) is 4.32. The monoisotopic (exact) mass is 293 g/mol. The van der Waals surface area contributed by atoms with Crippen LogP contribution in [0.4, 0.5) is 8.78 Å². The first-order valence-electron chi connectivity index (χ1n) is 6.42. The number of rotatable bonds is 5. The number of hydrogen-bond donors (Lipinski definition) is 1. The molecule has 1 nitrogen and oxygen atoms in total. The van der Waals surface area contributed by atoms with Crippen LogP contribution in [0.1, 0.15) is 17.2 Å². The maximum atomic E-state index is 13.6. The zero-order chi connectivity index (χ0) is 14.5. The number of aryl methyl sites for hydroxylation is 1. The Balaban J connectivity index is 2.09. The lowest BCUT2D eigenvalue weighted by atomic mass is 10.1. The lowest BCUT2D eigenvalue weighted by Gasteiger charge is -2.17. The van der Waals surface area contributed by atoms with Crippen molar-refractivity contribution in [2.75, 3.05) is 12.8 Å². The average molecular weight is 293 g/mol. The van der Waals surface area contributed by atoms with Crippen LogP contribution in [-0.4, -0.2) is 12.8 Å². The van der Waals surface area contributed by atoms with Gasteiger partial charge in [-0.1, -0.05) is 24.3 Å². The summed E-state index contributed by atoms with van der Waals surface area (Å²) < 4.78 is 26.9. The molecule has 2 aromatic carbocycles. The van der Waals surface area contributed by atoms with Crippen LogP contribution < -0.4 is 5.32 Å². The van der Waals surface area contributed by atoms with Gasteiger partial charge in [0.25, 0.3) is 0 Å². The van der Waals surface area contributed by atoms with Crippen LogP contribution in [0.5, 0.6) is 0 Å². The fraction of sp³-hybridized carbons (Fsp3) is 0.250. The molecule has 1 N–H and O–H groups in total. The molecule has 2 aromatic rings. The van der Waals surface area contributed by atoms with Gasteiger partial charge < -0.3 is 5.32 Å². The van der Waals surface area contributed by atoms with Gasteiger partial charge in [-0.05, 0) is 43.3 Å². The van der Waals surface area contributed by atoms with E-state index in [4.69, 9.17) is 0 Å². The molecular weight excluding hydrogens is 276 g/mol. The fourth-order valence-electron chi connectivity index (χ4n) is 1.97. The van der Waals surface area contributed by atoms with Crippen LogP contribution in [-0.2, 0) is 0 Å². The van der Waals surface area contributed by atoms with Crippen molar-refractivity contribution in [1.82, 2.24) is 5.32 Å². The van der Waals surface area contributed by atoms with Crippen LogP contribution >= 0.6 is 11.8 Å². The van der Waals surface area contributed by atoms with Gasteiger partial charge in [0.05, 0.1) is 0 Å². The van der Waals surface area contributed by atoms with Gasteiger partial charge in [-0.2, -0.15) is 0 Å². The predicted molar refractivity (Wildman–Crippen MR) is 80.1 cm³/mol. The molecule has 0 saturated carbocycles. The van der Waals surface area contributed by atoms with Crippen molar-refractivity contribution in [3.63, 3.8) is 0 Å². The van der Waals surface area contributed by atoms with Gasteiger partial charge in [0.1, 0.15) is 11.6 Å². The Morgan fingerprint density at radius 1 is 1.10 bits per heavy atom. The molecule has 0 fully saturated rings. The van der Waals surface area contributed by atoms with Crippen molar-refractivity contribution in [1.29, 1.82) is 0 Å². The van der Waals surface area contributed by atoms with Crippen molar-refractivity contribution in [3.05, 3.63) is 65.2 Å². The summed E-state index contributed by atoms with van der Waals surface area (Å²) in [4.78, 5) is 0.631. The Morgan fingerprint density at radius 2 is 1.85 bits per heavy atom. The van der Waals surface area contributed by atoms with Gasteiger partial charge in [-0.3, -0.25) is 0 Å². The Labute approximate surface area is 122 Å². The number of benzene rings is 2. The second kappa shape index (κ2) is 6.86. The van der Waals surface area contributed by atoms with Crippen LogP contribution in [0.15, 0.2) is 47.4 Å². The van der Waals surface area contributed by atoms with Crippen LogP contribution in [0.2, 0.25) is 0 Å². The Hall–Kier alpha value is -1.39. The third-order valence-electron chi connectivity index (χ3n) is 3.17. The minimum absolute atomic E-state index is 0.0545. The summed E-state index contributed by atoms with van der Waals surface area (Å²) in [5, 5.41) is 3.19. The number of halogens is 2. The maximum Gasteiger partial charge on any atom is 0.136 e. The smallest absolute Gasteiger partial charge is 0.136 e. The van der Waals surface area contributed by atoms with Crippen molar-refractivity contribution < 1.29 is 8.78 Å². The van der Waals surface area contributed by atoms with E-state index in [1.54, 1.807) is 25.1 Å². The second-order valence-corrected chi connectivity index (χ2v) is 5.65. The lowest BCUT2D eigenvalue weighted by molar-refractivity contribution is 0.600. The molecular formula is C16H17F2NS. The van der Waals surface area contributed by atoms with Crippen molar-refractivity contribution >= 4 is 11.8 Å². The van der Waals surface area contributed by atoms with E-state index in [1.165, 1.54) is 23.9 Å². The van der Waals surface area contributed by atoms with E-state index in [0.29, 0.717) is 16.2 Å². The van der Waals surface area contributed by atoms with E-state index in [9.17, 15) is 8.78 Å². The summed E-state index contributed by atoms with van der Waals surface area (Å²) in [5.74, 6) is 0.274. The first-order chi connectivity index (χ1) is 9.61. The highest BCUT2D eigenvalue weighted by atomic mass is 32.2. The average Bonchev–Trinajstić information content (AvgIpc) is 2.45. The normalized spacial score (nSPS) is 12.4. The molecule has 0 aliphatic heterocycles. The summed E-state index contributed by atoms with van der Waals surface area (Å²) in [5.41, 5.74) is 1.63. The number of thioether (sulfide) groups is 1. The van der Waals surface area contributed by atoms with Crippen LogP contribution in [0.25, 0.3) is 0 Å². The lowest BCUT2D eigenvalue weighted by Crippen LogP contribution is -2.19. The highest BCUT2D eigenvalue weighted by Crippen LogP contribution is 2.27. The Kier molecular flexibility index (Phi) is 5.15. The number of hydrogen-bond acceptors (Lipinski definition) is 2. The van der Waals surface area contributed by atoms with E-state index < -0.39 is 0 Å². The molecule has 0 spiro atoms. The van der Waals surface area contributed by atoms with Crippen molar-refractivity contribution in [2.24, 2.45) is 0 Å². The molecule has 0 saturated heterocycles. The van der Waals surface area contributed by atoms with Crippen LogP contribution in [0.3, 0.4) is 0 Å². The van der Waals surface area contributed by atoms with Gasteiger partial charge in [0.2, 0.25) is 0 Å². The van der Waals surface area contributed by atoms with Gasteiger partial charge in [-0.15, -0.1) is 11.8 Å². The largest absolute Gasteiger partial charge is 0.312 e. The molecule has 0 bridgehead atoms. The van der Waals surface area contributed by atoms with Gasteiger partial charge in [-0.25, -0.2) is 8.78 Å². The van der Waals surface area contributed by atoms with E-state index in [1.807, 2.05) is 19.2 Å². The molecule has 20 heavy (non-hydrogen) atoms. The van der Waals surface area contributed by atoms with E-state index in [2.05, 4.69) is 5.32 Å². The summed E-state index contributed by atoms with van der Waals surface area (Å²) in [6, 6.07) is 11.9. The van der Waals surface area contributed by atoms with Crippen LogP contribution in [0, 0.1) is 18.6 Å². The molecule has 106 valence electrons. The second-order valence-electron chi connectivity index (χ2n) is 4.59. The van der Waals surface area contributed by atoms with E-state index >= 15 is 0 Å². The number of nitrogens with one attached hydrogen (secondary N) is 1. The quantitative estimate of drug-likeness (QED) is 0.824. The van der Waals surface area contributed by atoms with Gasteiger partial charge >= 0.3 is 0 Å². The summed E-state index contributed by atoms with van der Waals surface area (Å²) in [7, 11) is 1.85. The highest BCUT2D eigenvalue weighted by molar-refractivity contribution is 7.99. The molecule has 0 aliphatic rings. The summed E-state index contributed by atoms with van der Waals surface area (Å²) in [6.07, 6.45) is 0. The molecule has 1 atom stereocenters. The molecule has 0 radical (unpaired) electrons. The Morgan fingerprint density at radius 3 is 2.50 bits per heavy atom. The first kappa shape index (κ1) is 15.0. The van der Waals surface area contributed by atoms with Gasteiger partial charge in [0, 0.05) is 16.7 Å². The first-order valence-corrected chi connectivity index (χ1v) is 7.41. The summed E-state index contributed by atoms with van der Waals surface area (Å²) >= 11 is 1.45. The molecule has 2 rings (SSSR count). The molecule has 0 aromatic heterocycles. The Bertz CT molecular complexity index is 586. The molecule has 1 unspecified atom stereocenters. The SMILES string of the molecule is CNC(CSc1ccccc1F)c1ccc(F)c(C)c1. The molecule has 0 aliphatic carbocycles.